The molecule has 1 N–H and O–H groups in total. The van der Waals surface area contributed by atoms with E-state index in [1.165, 1.54) is 12.1 Å². The number of hydrogen-bond donors (Lipinski definition) is 1. The Hall–Kier alpha value is -1.84. The Morgan fingerprint density at radius 1 is 1.25 bits per heavy atom. The molecule has 0 amide bonds. The van der Waals surface area contributed by atoms with E-state index in [0.29, 0.717) is 0 Å². The van der Waals surface area contributed by atoms with Crippen LogP contribution in [0, 0.1) is 5.92 Å². The number of carbonyl (C=O) groups excluding carboxylic acids is 1. The molecule has 0 saturated heterocycles. The highest BCUT2D eigenvalue weighted by Crippen LogP contribution is 2.37. The summed E-state index contributed by atoms with van der Waals surface area (Å²) in [5, 5.41) is 9.13. The second-order valence-corrected chi connectivity index (χ2v) is 5.70. The highest BCUT2D eigenvalue weighted by atomic mass is 16.6. The number of rotatable bonds is 3. The fourth-order valence-corrected chi connectivity index (χ4v) is 2.74. The van der Waals surface area contributed by atoms with Gasteiger partial charge in [-0.1, -0.05) is 25.5 Å². The summed E-state index contributed by atoms with van der Waals surface area (Å²) < 4.78 is 5.67. The SMILES string of the molecule is CC1CCCCC1(C)OC(=O)c1ccccc1C(=O)O. The molecule has 0 heterocycles. The number of carboxylic acid groups (broad SMARTS) is 1. The van der Waals surface area contributed by atoms with Gasteiger partial charge in [0.1, 0.15) is 5.60 Å². The molecular formula is C16H20O4. The Bertz CT molecular complexity index is 523. The van der Waals surface area contributed by atoms with E-state index in [-0.39, 0.29) is 17.0 Å². The van der Waals surface area contributed by atoms with Gasteiger partial charge in [-0.05, 0) is 44.2 Å². The van der Waals surface area contributed by atoms with E-state index >= 15 is 0 Å². The molecule has 108 valence electrons. The highest BCUT2D eigenvalue weighted by Gasteiger charge is 2.38. The van der Waals surface area contributed by atoms with Crippen molar-refractivity contribution in [2.75, 3.05) is 0 Å². The third-order valence-electron chi connectivity index (χ3n) is 4.31. The fraction of sp³-hybridized carbons (Fsp3) is 0.500. The maximum absolute atomic E-state index is 12.3. The van der Waals surface area contributed by atoms with E-state index in [1.54, 1.807) is 12.1 Å². The standard InChI is InChI=1S/C16H20O4/c1-11-7-5-6-10-16(11,2)20-15(19)13-9-4-3-8-12(13)14(17)18/h3-4,8-9,11H,5-7,10H2,1-2H3,(H,17,18). The van der Waals surface area contributed by atoms with Gasteiger partial charge in [0.2, 0.25) is 0 Å². The normalized spacial score (nSPS) is 26.0. The van der Waals surface area contributed by atoms with Gasteiger partial charge in [0.15, 0.2) is 0 Å². The van der Waals surface area contributed by atoms with Crippen molar-refractivity contribution in [2.45, 2.75) is 45.1 Å². The molecule has 1 saturated carbocycles. The lowest BCUT2D eigenvalue weighted by Crippen LogP contribution is -2.41. The first-order valence-corrected chi connectivity index (χ1v) is 7.00. The van der Waals surface area contributed by atoms with E-state index < -0.39 is 17.5 Å². The number of ether oxygens (including phenoxy) is 1. The first-order valence-electron chi connectivity index (χ1n) is 7.00. The van der Waals surface area contributed by atoms with E-state index in [2.05, 4.69) is 6.92 Å². The molecule has 4 nitrogen and oxygen atoms in total. The van der Waals surface area contributed by atoms with Crippen molar-refractivity contribution < 1.29 is 19.4 Å². The quantitative estimate of drug-likeness (QED) is 0.858. The van der Waals surface area contributed by atoms with Crippen LogP contribution in [0.2, 0.25) is 0 Å². The summed E-state index contributed by atoms with van der Waals surface area (Å²) in [5.41, 5.74) is -0.385. The molecule has 2 rings (SSSR count). The van der Waals surface area contributed by atoms with Crippen LogP contribution in [-0.4, -0.2) is 22.6 Å². The Kier molecular flexibility index (Phi) is 4.12. The van der Waals surface area contributed by atoms with Crippen molar-refractivity contribution >= 4 is 11.9 Å². The molecule has 4 heteroatoms. The lowest BCUT2D eigenvalue weighted by atomic mass is 9.77. The molecule has 1 aliphatic rings. The van der Waals surface area contributed by atoms with Gasteiger partial charge in [-0.2, -0.15) is 0 Å². The zero-order valence-corrected chi connectivity index (χ0v) is 11.9. The smallest absolute Gasteiger partial charge is 0.339 e. The van der Waals surface area contributed by atoms with Crippen LogP contribution in [0.3, 0.4) is 0 Å². The molecule has 1 fully saturated rings. The van der Waals surface area contributed by atoms with Gasteiger partial charge in [0.05, 0.1) is 11.1 Å². The number of aromatic carboxylic acids is 1. The number of carboxylic acids is 1. The zero-order valence-electron chi connectivity index (χ0n) is 11.9. The molecule has 2 unspecified atom stereocenters. The average molecular weight is 276 g/mol. The molecule has 1 aromatic carbocycles. The third kappa shape index (κ3) is 2.84. The van der Waals surface area contributed by atoms with Gasteiger partial charge in [-0.15, -0.1) is 0 Å². The van der Waals surface area contributed by atoms with Crippen LogP contribution in [0.5, 0.6) is 0 Å². The van der Waals surface area contributed by atoms with Crippen LogP contribution in [0.4, 0.5) is 0 Å². The summed E-state index contributed by atoms with van der Waals surface area (Å²) in [6.07, 6.45) is 4.05. The molecule has 0 aromatic heterocycles. The van der Waals surface area contributed by atoms with Crippen molar-refractivity contribution in [3.8, 4) is 0 Å². The minimum Gasteiger partial charge on any atom is -0.478 e. The summed E-state index contributed by atoms with van der Waals surface area (Å²) in [7, 11) is 0. The highest BCUT2D eigenvalue weighted by molar-refractivity contribution is 6.02. The zero-order chi connectivity index (χ0) is 14.8. The minimum absolute atomic E-state index is 0.00966. The van der Waals surface area contributed by atoms with Crippen LogP contribution in [-0.2, 0) is 4.74 Å². The Balaban J connectivity index is 2.22. The Labute approximate surface area is 118 Å². The predicted molar refractivity (Wildman–Crippen MR) is 74.9 cm³/mol. The van der Waals surface area contributed by atoms with Gasteiger partial charge >= 0.3 is 11.9 Å². The monoisotopic (exact) mass is 276 g/mol. The van der Waals surface area contributed by atoms with Crippen molar-refractivity contribution in [3.63, 3.8) is 0 Å². The molecule has 2 atom stereocenters. The summed E-state index contributed by atoms with van der Waals surface area (Å²) in [6, 6.07) is 6.18. The van der Waals surface area contributed by atoms with E-state index in [4.69, 9.17) is 9.84 Å². The molecule has 20 heavy (non-hydrogen) atoms. The minimum atomic E-state index is -1.11. The first kappa shape index (κ1) is 14.6. The molecule has 0 spiro atoms. The topological polar surface area (TPSA) is 63.6 Å². The van der Waals surface area contributed by atoms with Gasteiger partial charge < -0.3 is 9.84 Å². The largest absolute Gasteiger partial charge is 0.478 e. The number of esters is 1. The van der Waals surface area contributed by atoms with Gasteiger partial charge in [0, 0.05) is 0 Å². The van der Waals surface area contributed by atoms with E-state index in [1.807, 2.05) is 6.92 Å². The number of hydrogen-bond acceptors (Lipinski definition) is 3. The third-order valence-corrected chi connectivity index (χ3v) is 4.31. The Morgan fingerprint density at radius 2 is 1.90 bits per heavy atom. The van der Waals surface area contributed by atoms with Crippen LogP contribution in [0.1, 0.15) is 60.2 Å². The average Bonchev–Trinajstić information content (AvgIpc) is 2.42. The number of benzene rings is 1. The van der Waals surface area contributed by atoms with Crippen LogP contribution < -0.4 is 0 Å². The Morgan fingerprint density at radius 3 is 2.50 bits per heavy atom. The van der Waals surface area contributed by atoms with Crippen molar-refractivity contribution in [2.24, 2.45) is 5.92 Å². The van der Waals surface area contributed by atoms with Gasteiger partial charge in [-0.25, -0.2) is 9.59 Å². The van der Waals surface area contributed by atoms with Gasteiger partial charge in [0.25, 0.3) is 0 Å². The summed E-state index contributed by atoms with van der Waals surface area (Å²) in [6.45, 7) is 4.02. The van der Waals surface area contributed by atoms with Crippen LogP contribution in [0.25, 0.3) is 0 Å². The summed E-state index contributed by atoms with van der Waals surface area (Å²) in [5.74, 6) is -1.36. The number of carbonyl (C=O) groups is 2. The van der Waals surface area contributed by atoms with Crippen molar-refractivity contribution in [1.82, 2.24) is 0 Å². The van der Waals surface area contributed by atoms with Gasteiger partial charge in [-0.3, -0.25) is 0 Å². The summed E-state index contributed by atoms with van der Waals surface area (Å²) in [4.78, 5) is 23.5. The molecule has 0 aliphatic heterocycles. The maximum atomic E-state index is 12.3. The maximum Gasteiger partial charge on any atom is 0.339 e. The van der Waals surface area contributed by atoms with E-state index in [9.17, 15) is 9.59 Å². The second kappa shape index (κ2) is 5.65. The molecule has 0 bridgehead atoms. The predicted octanol–water partition coefficient (Wildman–Crippen LogP) is 3.51. The van der Waals surface area contributed by atoms with Crippen molar-refractivity contribution in [1.29, 1.82) is 0 Å². The van der Waals surface area contributed by atoms with E-state index in [0.717, 1.165) is 25.7 Å². The summed E-state index contributed by atoms with van der Waals surface area (Å²) >= 11 is 0. The lowest BCUT2D eigenvalue weighted by Gasteiger charge is -2.39. The molecule has 1 aliphatic carbocycles. The molecule has 1 aromatic rings. The van der Waals surface area contributed by atoms with Crippen molar-refractivity contribution in [3.05, 3.63) is 35.4 Å². The molecule has 0 radical (unpaired) electrons. The fourth-order valence-electron chi connectivity index (χ4n) is 2.74. The molecular weight excluding hydrogens is 256 g/mol. The van der Waals surface area contributed by atoms with Crippen LogP contribution >= 0.6 is 0 Å². The van der Waals surface area contributed by atoms with Crippen LogP contribution in [0.15, 0.2) is 24.3 Å². The lowest BCUT2D eigenvalue weighted by molar-refractivity contribution is -0.0551. The first-order chi connectivity index (χ1) is 9.44. The second-order valence-electron chi connectivity index (χ2n) is 5.70.